The van der Waals surface area contributed by atoms with Gasteiger partial charge in [0.2, 0.25) is 0 Å². The molecule has 0 fully saturated rings. The molecule has 1 unspecified atom stereocenters. The average molecular weight is 423 g/mol. The molecule has 1 atom stereocenters. The van der Waals surface area contributed by atoms with Crippen LogP contribution in [-0.2, 0) is 0 Å². The summed E-state index contributed by atoms with van der Waals surface area (Å²) in [4.78, 5) is 4.46. The lowest BCUT2D eigenvalue weighted by Crippen LogP contribution is -2.38. The van der Waals surface area contributed by atoms with E-state index in [2.05, 4.69) is 22.5 Å². The molecule has 0 radical (unpaired) electrons. The summed E-state index contributed by atoms with van der Waals surface area (Å²) in [6.07, 6.45) is 2.05. The van der Waals surface area contributed by atoms with Gasteiger partial charge in [0.1, 0.15) is 6.10 Å². The first-order valence-electron chi connectivity index (χ1n) is 7.60. The summed E-state index contributed by atoms with van der Waals surface area (Å²) in [5, 5.41) is 6.44. The standard InChI is InChI=1S/C16H26FN3O.HI/c1-4-6-11-19-16(18-5-2)20-12-13(3)21-15-10-8-7-9-14(15)17;/h7-10,13H,4-6,11-12H2,1-3H3,(H2,18,19,20);1H. The molecule has 6 heteroatoms. The van der Waals surface area contributed by atoms with Crippen LogP contribution in [-0.4, -0.2) is 31.7 Å². The van der Waals surface area contributed by atoms with E-state index < -0.39 is 0 Å². The van der Waals surface area contributed by atoms with Gasteiger partial charge >= 0.3 is 0 Å². The predicted octanol–water partition coefficient (Wildman–Crippen LogP) is 3.57. The van der Waals surface area contributed by atoms with Gasteiger partial charge in [-0.3, -0.25) is 0 Å². The Morgan fingerprint density at radius 1 is 1.27 bits per heavy atom. The molecule has 1 aromatic rings. The van der Waals surface area contributed by atoms with Crippen molar-refractivity contribution in [2.24, 2.45) is 4.99 Å². The van der Waals surface area contributed by atoms with Gasteiger partial charge in [0.05, 0.1) is 6.54 Å². The number of hydrogen-bond donors (Lipinski definition) is 2. The van der Waals surface area contributed by atoms with Crippen molar-refractivity contribution >= 4 is 29.9 Å². The van der Waals surface area contributed by atoms with E-state index in [4.69, 9.17) is 4.74 Å². The topological polar surface area (TPSA) is 45.7 Å². The third-order valence-corrected chi connectivity index (χ3v) is 2.84. The monoisotopic (exact) mass is 423 g/mol. The van der Waals surface area contributed by atoms with Gasteiger partial charge in [0.15, 0.2) is 17.5 Å². The molecule has 0 aromatic heterocycles. The van der Waals surface area contributed by atoms with Crippen LogP contribution in [0.25, 0.3) is 0 Å². The minimum absolute atomic E-state index is 0. The van der Waals surface area contributed by atoms with Gasteiger partial charge < -0.3 is 15.4 Å². The van der Waals surface area contributed by atoms with Crippen LogP contribution in [0, 0.1) is 5.82 Å². The Kier molecular flexibility index (Phi) is 11.9. The van der Waals surface area contributed by atoms with Crippen molar-refractivity contribution < 1.29 is 9.13 Å². The highest BCUT2D eigenvalue weighted by molar-refractivity contribution is 14.0. The molecule has 0 aliphatic rings. The minimum Gasteiger partial charge on any atom is -0.486 e. The normalized spacial score (nSPS) is 12.3. The summed E-state index contributed by atoms with van der Waals surface area (Å²) in [5.41, 5.74) is 0. The highest BCUT2D eigenvalue weighted by Gasteiger charge is 2.07. The molecule has 0 amide bonds. The summed E-state index contributed by atoms with van der Waals surface area (Å²) in [6, 6.07) is 6.42. The first kappa shape index (κ1) is 20.9. The van der Waals surface area contributed by atoms with Crippen LogP contribution in [0.5, 0.6) is 5.75 Å². The number of hydrogen-bond acceptors (Lipinski definition) is 2. The summed E-state index contributed by atoms with van der Waals surface area (Å²) in [5.74, 6) is 0.695. The third-order valence-electron chi connectivity index (χ3n) is 2.84. The molecule has 0 saturated carbocycles. The number of halogens is 2. The second kappa shape index (κ2) is 12.5. The molecule has 1 rings (SSSR count). The molecule has 0 aliphatic carbocycles. The Morgan fingerprint density at radius 2 is 2.00 bits per heavy atom. The van der Waals surface area contributed by atoms with E-state index in [0.717, 1.165) is 31.9 Å². The Labute approximate surface area is 149 Å². The summed E-state index contributed by atoms with van der Waals surface area (Å²) < 4.78 is 19.1. The first-order valence-corrected chi connectivity index (χ1v) is 7.60. The summed E-state index contributed by atoms with van der Waals surface area (Å²) in [7, 11) is 0. The zero-order chi connectivity index (χ0) is 15.5. The Morgan fingerprint density at radius 3 is 2.64 bits per heavy atom. The number of unbranched alkanes of at least 4 members (excludes halogenated alkanes) is 1. The molecule has 0 bridgehead atoms. The second-order valence-corrected chi connectivity index (χ2v) is 4.86. The summed E-state index contributed by atoms with van der Waals surface area (Å²) >= 11 is 0. The van der Waals surface area contributed by atoms with Crippen LogP contribution >= 0.6 is 24.0 Å². The smallest absolute Gasteiger partial charge is 0.191 e. The van der Waals surface area contributed by atoms with Gasteiger partial charge in [0.25, 0.3) is 0 Å². The van der Waals surface area contributed by atoms with Crippen molar-refractivity contribution in [3.8, 4) is 5.75 Å². The Bertz CT molecular complexity index is 443. The minimum atomic E-state index is -0.346. The molecule has 0 spiro atoms. The van der Waals surface area contributed by atoms with E-state index in [1.807, 2.05) is 13.8 Å². The lowest BCUT2D eigenvalue weighted by atomic mass is 10.3. The fraction of sp³-hybridized carbons (Fsp3) is 0.562. The number of rotatable bonds is 8. The maximum absolute atomic E-state index is 13.5. The lowest BCUT2D eigenvalue weighted by Gasteiger charge is -2.15. The van der Waals surface area contributed by atoms with Crippen LogP contribution < -0.4 is 15.4 Å². The van der Waals surface area contributed by atoms with Crippen molar-refractivity contribution in [1.82, 2.24) is 10.6 Å². The SMILES string of the molecule is CCCCNC(=NCC(C)Oc1ccccc1F)NCC.I. The van der Waals surface area contributed by atoms with Crippen LogP contribution in [0.2, 0.25) is 0 Å². The number of nitrogens with one attached hydrogen (secondary N) is 2. The Hall–Kier alpha value is -1.05. The van der Waals surface area contributed by atoms with E-state index in [-0.39, 0.29) is 41.6 Å². The number of nitrogens with zero attached hydrogens (tertiary/aromatic N) is 1. The van der Waals surface area contributed by atoms with Gasteiger partial charge in [-0.05, 0) is 32.4 Å². The van der Waals surface area contributed by atoms with Crippen molar-refractivity contribution in [3.05, 3.63) is 30.1 Å². The van der Waals surface area contributed by atoms with Crippen LogP contribution in [0.1, 0.15) is 33.6 Å². The van der Waals surface area contributed by atoms with E-state index in [0.29, 0.717) is 6.54 Å². The molecule has 0 saturated heterocycles. The number of para-hydroxylation sites is 1. The third kappa shape index (κ3) is 8.41. The molecule has 1 aromatic carbocycles. The maximum atomic E-state index is 13.5. The summed E-state index contributed by atoms with van der Waals surface area (Å²) in [6.45, 7) is 8.22. The molecule has 22 heavy (non-hydrogen) atoms. The zero-order valence-electron chi connectivity index (χ0n) is 13.6. The molecule has 0 aliphatic heterocycles. The molecule has 4 nitrogen and oxygen atoms in total. The van der Waals surface area contributed by atoms with Gasteiger partial charge in [-0.1, -0.05) is 25.5 Å². The van der Waals surface area contributed by atoms with Crippen molar-refractivity contribution in [2.45, 2.75) is 39.7 Å². The fourth-order valence-electron chi connectivity index (χ4n) is 1.74. The van der Waals surface area contributed by atoms with E-state index in [1.54, 1.807) is 18.2 Å². The maximum Gasteiger partial charge on any atom is 0.191 e. The van der Waals surface area contributed by atoms with Gasteiger partial charge in [0, 0.05) is 13.1 Å². The van der Waals surface area contributed by atoms with Crippen LogP contribution in [0.4, 0.5) is 4.39 Å². The van der Waals surface area contributed by atoms with Crippen molar-refractivity contribution in [2.75, 3.05) is 19.6 Å². The molecular formula is C16H27FIN3O. The number of ether oxygens (including phenoxy) is 1. The average Bonchev–Trinajstić information content (AvgIpc) is 2.47. The Balaban J connectivity index is 0.00000441. The molecule has 126 valence electrons. The van der Waals surface area contributed by atoms with E-state index in [1.165, 1.54) is 6.07 Å². The largest absolute Gasteiger partial charge is 0.486 e. The lowest BCUT2D eigenvalue weighted by molar-refractivity contribution is 0.220. The van der Waals surface area contributed by atoms with Crippen LogP contribution in [0.15, 0.2) is 29.3 Å². The molecule has 0 heterocycles. The molecular weight excluding hydrogens is 396 g/mol. The van der Waals surface area contributed by atoms with Crippen LogP contribution in [0.3, 0.4) is 0 Å². The number of benzene rings is 1. The van der Waals surface area contributed by atoms with Gasteiger partial charge in [-0.2, -0.15) is 0 Å². The molecule has 2 N–H and O–H groups in total. The highest BCUT2D eigenvalue weighted by atomic mass is 127. The number of guanidine groups is 1. The van der Waals surface area contributed by atoms with Crippen molar-refractivity contribution in [3.63, 3.8) is 0 Å². The first-order chi connectivity index (χ1) is 10.2. The number of aliphatic imine (C=N–C) groups is 1. The van der Waals surface area contributed by atoms with E-state index >= 15 is 0 Å². The highest BCUT2D eigenvalue weighted by Crippen LogP contribution is 2.16. The fourth-order valence-corrected chi connectivity index (χ4v) is 1.74. The van der Waals surface area contributed by atoms with Crippen molar-refractivity contribution in [1.29, 1.82) is 0 Å². The van der Waals surface area contributed by atoms with E-state index in [9.17, 15) is 4.39 Å². The second-order valence-electron chi connectivity index (χ2n) is 4.86. The van der Waals surface area contributed by atoms with Gasteiger partial charge in [-0.25, -0.2) is 9.38 Å². The zero-order valence-corrected chi connectivity index (χ0v) is 15.9. The predicted molar refractivity (Wildman–Crippen MR) is 101 cm³/mol. The van der Waals surface area contributed by atoms with Gasteiger partial charge in [-0.15, -0.1) is 24.0 Å². The quantitative estimate of drug-likeness (QED) is 0.291.